The molecule has 2 rings (SSSR count). The van der Waals surface area contributed by atoms with Crippen molar-refractivity contribution in [2.45, 2.75) is 19.4 Å². The van der Waals surface area contributed by atoms with Gasteiger partial charge in [0.05, 0.1) is 31.0 Å². The molecule has 0 aliphatic carbocycles. The second-order valence-electron chi connectivity index (χ2n) is 4.19. The van der Waals surface area contributed by atoms with Crippen molar-refractivity contribution in [3.8, 4) is 6.07 Å². The van der Waals surface area contributed by atoms with E-state index in [2.05, 4.69) is 16.2 Å². The van der Waals surface area contributed by atoms with Gasteiger partial charge in [-0.1, -0.05) is 12.1 Å². The second kappa shape index (κ2) is 8.86. The highest BCUT2D eigenvalue weighted by atomic mass is 16.4. The van der Waals surface area contributed by atoms with Crippen LogP contribution in [0, 0.1) is 11.3 Å². The maximum Gasteiger partial charge on any atom is 0.303 e. The van der Waals surface area contributed by atoms with Crippen LogP contribution >= 0.6 is 0 Å². The number of carbonyl (C=O) groups is 2. The molecular weight excluding hydrogens is 288 g/mol. The van der Waals surface area contributed by atoms with Gasteiger partial charge in [0.15, 0.2) is 0 Å². The Kier molecular flexibility index (Phi) is 6.78. The zero-order valence-corrected chi connectivity index (χ0v) is 11.6. The van der Waals surface area contributed by atoms with Gasteiger partial charge in [0.25, 0.3) is 0 Å². The molecule has 0 unspecified atom stereocenters. The summed E-state index contributed by atoms with van der Waals surface area (Å²) in [5.41, 5.74) is 1.78. The maximum absolute atomic E-state index is 9.64. The molecule has 114 valence electrons. The molecule has 0 aliphatic rings. The van der Waals surface area contributed by atoms with E-state index in [4.69, 9.17) is 15.5 Å². The van der Waals surface area contributed by atoms with Gasteiger partial charge in [0.2, 0.25) is 0 Å². The largest absolute Gasteiger partial charge is 0.481 e. The number of hydrogen-bond acceptors (Lipinski definition) is 5. The monoisotopic (exact) mass is 302 g/mol. The molecule has 0 atom stereocenters. The van der Waals surface area contributed by atoms with Crippen molar-refractivity contribution >= 4 is 11.9 Å². The number of carboxylic acid groups (broad SMARTS) is 2. The van der Waals surface area contributed by atoms with Crippen LogP contribution in [0.1, 0.15) is 24.0 Å². The van der Waals surface area contributed by atoms with E-state index in [1.54, 1.807) is 23.1 Å². The van der Waals surface area contributed by atoms with Crippen LogP contribution < -0.4 is 0 Å². The Morgan fingerprint density at radius 1 is 1.14 bits per heavy atom. The van der Waals surface area contributed by atoms with Crippen LogP contribution in [-0.2, 0) is 16.1 Å². The van der Waals surface area contributed by atoms with Gasteiger partial charge in [0.1, 0.15) is 12.7 Å². The number of nitrogens with zero attached hydrogens (tertiary/aromatic N) is 4. The van der Waals surface area contributed by atoms with Crippen molar-refractivity contribution in [3.63, 3.8) is 0 Å². The zero-order chi connectivity index (χ0) is 16.4. The maximum atomic E-state index is 9.64. The minimum atomic E-state index is -1.08. The van der Waals surface area contributed by atoms with Crippen molar-refractivity contribution in [1.82, 2.24) is 14.8 Å². The van der Waals surface area contributed by atoms with E-state index in [-0.39, 0.29) is 12.8 Å². The SMILES string of the molecule is N#Cc1ccc(Cn2cncn2)cc1.O=C(O)CCC(=O)O. The van der Waals surface area contributed by atoms with Crippen molar-refractivity contribution < 1.29 is 19.8 Å². The van der Waals surface area contributed by atoms with Crippen molar-refractivity contribution in [2.75, 3.05) is 0 Å². The molecule has 22 heavy (non-hydrogen) atoms. The summed E-state index contributed by atoms with van der Waals surface area (Å²) in [6, 6.07) is 9.51. The number of aromatic nitrogens is 3. The summed E-state index contributed by atoms with van der Waals surface area (Å²) in [4.78, 5) is 23.1. The number of benzene rings is 1. The highest BCUT2D eigenvalue weighted by Crippen LogP contribution is 2.04. The van der Waals surface area contributed by atoms with Gasteiger partial charge in [-0.05, 0) is 17.7 Å². The first-order chi connectivity index (χ1) is 10.5. The van der Waals surface area contributed by atoms with Gasteiger partial charge in [-0.15, -0.1) is 0 Å². The number of rotatable bonds is 5. The number of aliphatic carboxylic acids is 2. The molecule has 0 fully saturated rings. The molecule has 0 aliphatic heterocycles. The molecule has 0 radical (unpaired) electrons. The second-order valence-corrected chi connectivity index (χ2v) is 4.19. The molecule has 8 heteroatoms. The molecule has 8 nitrogen and oxygen atoms in total. The van der Waals surface area contributed by atoms with Gasteiger partial charge < -0.3 is 10.2 Å². The van der Waals surface area contributed by atoms with Crippen LogP contribution in [0.2, 0.25) is 0 Å². The normalized spacial score (nSPS) is 9.23. The topological polar surface area (TPSA) is 129 Å². The standard InChI is InChI=1S/C10H8N4.C4H6O4/c11-5-9-1-3-10(4-2-9)6-14-8-12-7-13-14;5-3(6)1-2-4(7)8/h1-4,7-8H,6H2;1-2H2,(H,5,6)(H,7,8). The Morgan fingerprint density at radius 3 is 2.14 bits per heavy atom. The van der Waals surface area contributed by atoms with Gasteiger partial charge in [-0.2, -0.15) is 10.4 Å². The fourth-order valence-electron chi connectivity index (χ4n) is 1.40. The van der Waals surface area contributed by atoms with E-state index >= 15 is 0 Å². The minimum Gasteiger partial charge on any atom is -0.481 e. The van der Waals surface area contributed by atoms with E-state index < -0.39 is 11.9 Å². The third-order valence-electron chi connectivity index (χ3n) is 2.45. The van der Waals surface area contributed by atoms with Crippen LogP contribution in [0.3, 0.4) is 0 Å². The summed E-state index contributed by atoms with van der Waals surface area (Å²) >= 11 is 0. The fraction of sp³-hybridized carbons (Fsp3) is 0.214. The van der Waals surface area contributed by atoms with Crippen LogP contribution in [0.5, 0.6) is 0 Å². The molecule has 1 aromatic heterocycles. The first kappa shape index (κ1) is 16.8. The minimum absolute atomic E-state index is 0.296. The molecule has 0 bridgehead atoms. The first-order valence-electron chi connectivity index (χ1n) is 6.26. The molecule has 0 amide bonds. The van der Waals surface area contributed by atoms with Crippen molar-refractivity contribution in [2.24, 2.45) is 0 Å². The Morgan fingerprint density at radius 2 is 1.73 bits per heavy atom. The van der Waals surface area contributed by atoms with E-state index in [0.717, 1.165) is 5.56 Å². The molecule has 0 saturated heterocycles. The summed E-state index contributed by atoms with van der Waals surface area (Å²) in [5, 5.41) is 28.4. The van der Waals surface area contributed by atoms with E-state index in [1.165, 1.54) is 6.33 Å². The third kappa shape index (κ3) is 6.81. The molecule has 0 spiro atoms. The summed E-state index contributed by atoms with van der Waals surface area (Å²) in [6.07, 6.45) is 2.58. The summed E-state index contributed by atoms with van der Waals surface area (Å²) < 4.78 is 1.74. The predicted molar refractivity (Wildman–Crippen MR) is 74.8 cm³/mol. The Labute approximate surface area is 126 Å². The summed E-state index contributed by atoms with van der Waals surface area (Å²) in [6.45, 7) is 0.686. The predicted octanol–water partition coefficient (Wildman–Crippen LogP) is 1.13. The van der Waals surface area contributed by atoms with Crippen LogP contribution in [0.4, 0.5) is 0 Å². The highest BCUT2D eigenvalue weighted by Gasteiger charge is 2.00. The lowest BCUT2D eigenvalue weighted by atomic mass is 10.1. The average Bonchev–Trinajstić information content (AvgIpc) is 2.99. The lowest BCUT2D eigenvalue weighted by Gasteiger charge is -2.00. The van der Waals surface area contributed by atoms with Gasteiger partial charge in [-0.25, -0.2) is 9.67 Å². The summed E-state index contributed by atoms with van der Waals surface area (Å²) in [5.74, 6) is -2.15. The van der Waals surface area contributed by atoms with Crippen LogP contribution in [0.15, 0.2) is 36.9 Å². The van der Waals surface area contributed by atoms with Crippen molar-refractivity contribution in [3.05, 3.63) is 48.0 Å². The number of nitriles is 1. The van der Waals surface area contributed by atoms with Gasteiger partial charge >= 0.3 is 11.9 Å². The Bertz CT molecular complexity index is 630. The fourth-order valence-corrected chi connectivity index (χ4v) is 1.40. The highest BCUT2D eigenvalue weighted by molar-refractivity contribution is 5.75. The van der Waals surface area contributed by atoms with E-state index in [0.29, 0.717) is 12.1 Å². The van der Waals surface area contributed by atoms with Gasteiger partial charge in [0, 0.05) is 0 Å². The Balaban J connectivity index is 0.000000261. The number of hydrogen-bond donors (Lipinski definition) is 2. The van der Waals surface area contributed by atoms with E-state index in [9.17, 15) is 9.59 Å². The van der Waals surface area contributed by atoms with Crippen LogP contribution in [-0.4, -0.2) is 36.9 Å². The molecule has 1 aromatic carbocycles. The molecule has 1 heterocycles. The molecular formula is C14H14N4O4. The molecule has 0 saturated carbocycles. The first-order valence-corrected chi connectivity index (χ1v) is 6.26. The van der Waals surface area contributed by atoms with Crippen LogP contribution in [0.25, 0.3) is 0 Å². The Hall–Kier alpha value is -3.21. The quantitative estimate of drug-likeness (QED) is 0.846. The van der Waals surface area contributed by atoms with E-state index in [1.807, 2.05) is 12.1 Å². The molecule has 2 N–H and O–H groups in total. The lowest BCUT2D eigenvalue weighted by Crippen LogP contribution is -2.00. The smallest absolute Gasteiger partial charge is 0.303 e. The zero-order valence-electron chi connectivity index (χ0n) is 11.6. The average molecular weight is 302 g/mol. The van der Waals surface area contributed by atoms with Gasteiger partial charge in [-0.3, -0.25) is 9.59 Å². The third-order valence-corrected chi connectivity index (χ3v) is 2.45. The lowest BCUT2D eigenvalue weighted by molar-refractivity contribution is -0.143. The summed E-state index contributed by atoms with van der Waals surface area (Å²) in [7, 11) is 0. The van der Waals surface area contributed by atoms with Crippen molar-refractivity contribution in [1.29, 1.82) is 5.26 Å². The molecule has 2 aromatic rings. The number of carboxylic acids is 2.